The van der Waals surface area contributed by atoms with Crippen molar-refractivity contribution < 1.29 is 39.8 Å². The molecule has 9 heteroatoms. The topological polar surface area (TPSA) is 149 Å². The fourth-order valence-corrected chi connectivity index (χ4v) is 9.61. The second-order valence-electron chi connectivity index (χ2n) is 20.8. The highest BCUT2D eigenvalue weighted by Gasteiger charge is 2.44. The second kappa shape index (κ2) is 49.3. The number of ether oxygens (including phenoxy) is 2. The van der Waals surface area contributed by atoms with Crippen molar-refractivity contribution >= 4 is 5.91 Å². The van der Waals surface area contributed by atoms with Crippen LogP contribution in [0.2, 0.25) is 0 Å². The molecule has 7 unspecified atom stereocenters. The first kappa shape index (κ1) is 64.7. The molecule has 0 bridgehead atoms. The van der Waals surface area contributed by atoms with E-state index in [1.165, 1.54) is 218 Å². The Morgan fingerprint density at radius 3 is 1.26 bits per heavy atom. The van der Waals surface area contributed by atoms with Gasteiger partial charge in [-0.05, 0) is 44.9 Å². The Kier molecular flexibility index (Phi) is 46.9. The van der Waals surface area contributed by atoms with E-state index in [-0.39, 0.29) is 12.5 Å². The van der Waals surface area contributed by atoms with Gasteiger partial charge in [-0.2, -0.15) is 0 Å². The van der Waals surface area contributed by atoms with Crippen LogP contribution in [0.25, 0.3) is 0 Å². The molecule has 1 rings (SSSR count). The molecule has 1 saturated heterocycles. The molecule has 1 amide bonds. The number of carbonyl (C=O) groups is 1. The van der Waals surface area contributed by atoms with Gasteiger partial charge in [-0.1, -0.05) is 263 Å². The molecule has 0 aromatic rings. The first-order chi connectivity index (χ1) is 33.3. The number of allylic oxidation sites excluding steroid dienone is 4. The molecule has 1 fully saturated rings. The van der Waals surface area contributed by atoms with Crippen LogP contribution in [0.5, 0.6) is 0 Å². The molecule has 0 aliphatic carbocycles. The maximum atomic E-state index is 13.1. The molecule has 68 heavy (non-hydrogen) atoms. The SMILES string of the molecule is CCCCCCCCCCC/C=C\C/C=C\CCCCCCCCCCCC(=O)NC(COC1OC(CO)C(O)C(O)C1O)C(O)CCCCCCCCCCCCCCCCCCCCCC. The van der Waals surface area contributed by atoms with Crippen molar-refractivity contribution in [2.45, 2.75) is 333 Å². The Morgan fingerprint density at radius 1 is 0.500 bits per heavy atom. The van der Waals surface area contributed by atoms with E-state index in [2.05, 4.69) is 43.5 Å². The van der Waals surface area contributed by atoms with Crippen molar-refractivity contribution in [3.63, 3.8) is 0 Å². The molecule has 0 saturated carbocycles. The summed E-state index contributed by atoms with van der Waals surface area (Å²) in [6.45, 7) is 3.87. The van der Waals surface area contributed by atoms with Crippen molar-refractivity contribution in [3.05, 3.63) is 24.3 Å². The number of hydrogen-bond acceptors (Lipinski definition) is 8. The summed E-state index contributed by atoms with van der Waals surface area (Å²) >= 11 is 0. The van der Waals surface area contributed by atoms with E-state index in [1.807, 2.05) is 0 Å². The largest absolute Gasteiger partial charge is 0.394 e. The van der Waals surface area contributed by atoms with Gasteiger partial charge >= 0.3 is 0 Å². The molecule has 6 N–H and O–H groups in total. The number of nitrogens with one attached hydrogen (secondary N) is 1. The highest BCUT2D eigenvalue weighted by atomic mass is 16.7. The van der Waals surface area contributed by atoms with Crippen LogP contribution in [0.4, 0.5) is 0 Å². The molecule has 1 heterocycles. The predicted molar refractivity (Wildman–Crippen MR) is 286 cm³/mol. The lowest BCUT2D eigenvalue weighted by Gasteiger charge is -2.40. The molecule has 1 aliphatic rings. The van der Waals surface area contributed by atoms with Gasteiger partial charge in [-0.3, -0.25) is 4.79 Å². The highest BCUT2D eigenvalue weighted by molar-refractivity contribution is 5.76. The van der Waals surface area contributed by atoms with Crippen molar-refractivity contribution in [1.82, 2.24) is 5.32 Å². The molecule has 0 radical (unpaired) electrons. The third-order valence-electron chi connectivity index (χ3n) is 14.3. The van der Waals surface area contributed by atoms with E-state index in [0.717, 1.165) is 44.9 Å². The zero-order chi connectivity index (χ0) is 49.4. The maximum absolute atomic E-state index is 13.1. The van der Waals surface area contributed by atoms with Crippen LogP contribution in [0.15, 0.2) is 24.3 Å². The average Bonchev–Trinajstić information content (AvgIpc) is 3.34. The summed E-state index contributed by atoms with van der Waals surface area (Å²) in [5.41, 5.74) is 0. The Hall–Kier alpha value is -1.33. The van der Waals surface area contributed by atoms with Crippen LogP contribution in [-0.2, 0) is 14.3 Å². The maximum Gasteiger partial charge on any atom is 0.220 e. The van der Waals surface area contributed by atoms with E-state index in [1.54, 1.807) is 0 Å². The normalized spacial score (nSPS) is 19.7. The molecule has 0 spiro atoms. The molecule has 7 atom stereocenters. The lowest BCUT2D eigenvalue weighted by atomic mass is 9.99. The van der Waals surface area contributed by atoms with E-state index in [0.29, 0.717) is 12.8 Å². The number of hydrogen-bond donors (Lipinski definition) is 6. The molecule has 0 aromatic carbocycles. The summed E-state index contributed by atoms with van der Waals surface area (Å²) in [5.74, 6) is -0.144. The molecular weight excluding hydrogens is 851 g/mol. The molecular formula is C59H113NO8. The standard InChI is InChI=1S/C59H113NO8/c1-3-5-7-9-11-13-15-17-19-21-23-25-26-27-28-29-31-33-35-37-39-41-43-45-47-49-55(63)60-52(51-67-59-58(66)57(65)56(64)54(50-61)68-59)53(62)48-46-44-42-40-38-36-34-32-30-24-22-20-18-16-14-12-10-8-6-4-2/h23,25,27-28,52-54,56-59,61-62,64-66H,3-22,24,26,29-51H2,1-2H3,(H,60,63)/b25-23-,28-27-. The van der Waals surface area contributed by atoms with Gasteiger partial charge in [-0.15, -0.1) is 0 Å². The van der Waals surface area contributed by atoms with Crippen molar-refractivity contribution in [2.75, 3.05) is 13.2 Å². The summed E-state index contributed by atoms with van der Waals surface area (Å²) in [6.07, 6.45) is 54.9. The number of aliphatic hydroxyl groups is 5. The number of carbonyl (C=O) groups excluding carboxylic acids is 1. The third-order valence-corrected chi connectivity index (χ3v) is 14.3. The van der Waals surface area contributed by atoms with Gasteiger partial charge in [0.25, 0.3) is 0 Å². The first-order valence-corrected chi connectivity index (χ1v) is 29.5. The fourth-order valence-electron chi connectivity index (χ4n) is 9.61. The third kappa shape index (κ3) is 38.4. The van der Waals surface area contributed by atoms with Crippen LogP contribution in [0.1, 0.15) is 290 Å². The van der Waals surface area contributed by atoms with Crippen LogP contribution in [0.3, 0.4) is 0 Å². The van der Waals surface area contributed by atoms with E-state index < -0.39 is 49.5 Å². The smallest absolute Gasteiger partial charge is 0.220 e. The summed E-state index contributed by atoms with van der Waals surface area (Å²) in [6, 6.07) is -0.721. The molecule has 1 aliphatic heterocycles. The van der Waals surface area contributed by atoms with Crippen molar-refractivity contribution in [1.29, 1.82) is 0 Å². The summed E-state index contributed by atoms with van der Waals surface area (Å²) in [4.78, 5) is 13.1. The molecule has 402 valence electrons. The fraction of sp³-hybridized carbons (Fsp3) is 0.915. The lowest BCUT2D eigenvalue weighted by Crippen LogP contribution is -2.60. The summed E-state index contributed by atoms with van der Waals surface area (Å²) in [5, 5.41) is 54.7. The Morgan fingerprint density at radius 2 is 0.868 bits per heavy atom. The zero-order valence-electron chi connectivity index (χ0n) is 44.6. The zero-order valence-corrected chi connectivity index (χ0v) is 44.6. The van der Waals surface area contributed by atoms with E-state index >= 15 is 0 Å². The van der Waals surface area contributed by atoms with Gasteiger partial charge in [0.15, 0.2) is 6.29 Å². The minimum atomic E-state index is -1.55. The number of amides is 1. The molecule has 9 nitrogen and oxygen atoms in total. The second-order valence-corrected chi connectivity index (χ2v) is 20.8. The van der Waals surface area contributed by atoms with Gasteiger partial charge in [0.2, 0.25) is 5.91 Å². The Balaban J connectivity index is 2.20. The van der Waals surface area contributed by atoms with Gasteiger partial charge < -0.3 is 40.3 Å². The van der Waals surface area contributed by atoms with Crippen LogP contribution in [-0.4, -0.2) is 87.5 Å². The highest BCUT2D eigenvalue weighted by Crippen LogP contribution is 2.23. The monoisotopic (exact) mass is 964 g/mol. The number of rotatable bonds is 51. The Bertz CT molecular complexity index is 1120. The average molecular weight is 965 g/mol. The molecule has 0 aromatic heterocycles. The van der Waals surface area contributed by atoms with Crippen molar-refractivity contribution in [3.8, 4) is 0 Å². The van der Waals surface area contributed by atoms with Gasteiger partial charge in [-0.25, -0.2) is 0 Å². The predicted octanol–water partition coefficient (Wildman–Crippen LogP) is 14.6. The van der Waals surface area contributed by atoms with Gasteiger partial charge in [0, 0.05) is 6.42 Å². The van der Waals surface area contributed by atoms with Crippen LogP contribution in [0, 0.1) is 0 Å². The van der Waals surface area contributed by atoms with Crippen LogP contribution >= 0.6 is 0 Å². The minimum Gasteiger partial charge on any atom is -0.394 e. The van der Waals surface area contributed by atoms with Crippen molar-refractivity contribution in [2.24, 2.45) is 0 Å². The lowest BCUT2D eigenvalue weighted by molar-refractivity contribution is -0.302. The Labute approximate surface area is 419 Å². The van der Waals surface area contributed by atoms with Crippen LogP contribution < -0.4 is 5.32 Å². The summed E-state index contributed by atoms with van der Waals surface area (Å²) < 4.78 is 11.3. The van der Waals surface area contributed by atoms with Gasteiger partial charge in [0.05, 0.1) is 25.4 Å². The minimum absolute atomic E-state index is 0.137. The number of aliphatic hydroxyl groups excluding tert-OH is 5. The quantitative estimate of drug-likeness (QED) is 0.0261. The first-order valence-electron chi connectivity index (χ1n) is 29.5. The van der Waals surface area contributed by atoms with E-state index in [4.69, 9.17) is 9.47 Å². The summed E-state index contributed by atoms with van der Waals surface area (Å²) in [7, 11) is 0. The van der Waals surface area contributed by atoms with E-state index in [9.17, 15) is 30.3 Å². The number of unbranched alkanes of at least 4 members (excludes halogenated alkanes) is 37. The van der Waals surface area contributed by atoms with Gasteiger partial charge in [0.1, 0.15) is 24.4 Å².